The summed E-state index contributed by atoms with van der Waals surface area (Å²) in [5.74, 6) is 1.54. The van der Waals surface area contributed by atoms with Gasteiger partial charge in [-0.05, 0) is 39.0 Å². The molecule has 2 aliphatic heterocycles. The Kier molecular flexibility index (Phi) is 4.24. The van der Waals surface area contributed by atoms with Gasteiger partial charge in [0.15, 0.2) is 0 Å². The second kappa shape index (κ2) is 6.17. The predicted octanol–water partition coefficient (Wildman–Crippen LogP) is 1.43. The summed E-state index contributed by atoms with van der Waals surface area (Å²) in [6, 6.07) is 0. The smallest absolute Gasteiger partial charge is 0.223 e. The lowest BCUT2D eigenvalue weighted by molar-refractivity contribution is 0.0527. The Labute approximate surface area is 149 Å². The highest BCUT2D eigenvalue weighted by Gasteiger charge is 2.48. The Morgan fingerprint density at radius 1 is 1.36 bits per heavy atom. The molecular weight excluding hydrogens is 340 g/mol. The molecule has 0 unspecified atom stereocenters. The molecule has 1 spiro atoms. The standard InChI is InChI=1S/C17H26N4O3S/c1-3-25(22,23)21-7-6-17(10-21)11-24-9-14-12(2)19-16(20-15(14)17)18-8-13-4-5-13/h13H,3-11H2,1-2H3,(H,18,19,20)/t17-/m1/s1. The highest BCUT2D eigenvalue weighted by atomic mass is 32.2. The number of hydrogen-bond acceptors (Lipinski definition) is 6. The Morgan fingerprint density at radius 2 is 2.16 bits per heavy atom. The molecule has 1 N–H and O–H groups in total. The van der Waals surface area contributed by atoms with Crippen molar-refractivity contribution in [2.24, 2.45) is 5.92 Å². The van der Waals surface area contributed by atoms with Crippen molar-refractivity contribution in [3.63, 3.8) is 0 Å². The molecule has 3 heterocycles. The van der Waals surface area contributed by atoms with Gasteiger partial charge in [-0.1, -0.05) is 0 Å². The number of anilines is 1. The minimum Gasteiger partial charge on any atom is -0.376 e. The summed E-state index contributed by atoms with van der Waals surface area (Å²) in [5, 5.41) is 3.36. The summed E-state index contributed by atoms with van der Waals surface area (Å²) in [5.41, 5.74) is 2.59. The third-order valence-corrected chi connectivity index (χ3v) is 7.49. The topological polar surface area (TPSA) is 84.4 Å². The molecule has 8 heteroatoms. The van der Waals surface area contributed by atoms with Crippen LogP contribution in [0.4, 0.5) is 5.95 Å². The number of rotatable bonds is 5. The highest BCUT2D eigenvalue weighted by molar-refractivity contribution is 7.89. The van der Waals surface area contributed by atoms with Crippen LogP contribution in [0, 0.1) is 12.8 Å². The summed E-state index contributed by atoms with van der Waals surface area (Å²) < 4.78 is 32.0. The van der Waals surface area contributed by atoms with Gasteiger partial charge < -0.3 is 10.1 Å². The zero-order valence-electron chi connectivity index (χ0n) is 14.9. The van der Waals surface area contributed by atoms with Crippen molar-refractivity contribution in [2.75, 3.05) is 37.3 Å². The van der Waals surface area contributed by atoms with E-state index in [0.29, 0.717) is 32.3 Å². The molecule has 0 bridgehead atoms. The van der Waals surface area contributed by atoms with E-state index in [1.54, 1.807) is 11.2 Å². The van der Waals surface area contributed by atoms with Crippen LogP contribution in [0.3, 0.4) is 0 Å². The fourth-order valence-electron chi connectivity index (χ4n) is 3.83. The molecule has 1 aromatic heterocycles. The first-order chi connectivity index (χ1) is 11.9. The average Bonchev–Trinajstić information content (AvgIpc) is 3.33. The fourth-order valence-corrected chi connectivity index (χ4v) is 5.00. The van der Waals surface area contributed by atoms with Crippen LogP contribution >= 0.6 is 0 Å². The number of fused-ring (bicyclic) bond motifs is 2. The molecular formula is C17H26N4O3S. The van der Waals surface area contributed by atoms with Gasteiger partial charge in [0.05, 0.1) is 30.1 Å². The number of sulfonamides is 1. The highest BCUT2D eigenvalue weighted by Crippen LogP contribution is 2.41. The lowest BCUT2D eigenvalue weighted by Gasteiger charge is -2.35. The maximum absolute atomic E-state index is 12.3. The van der Waals surface area contributed by atoms with E-state index in [2.05, 4.69) is 10.3 Å². The van der Waals surface area contributed by atoms with Crippen LogP contribution in [-0.2, 0) is 26.8 Å². The van der Waals surface area contributed by atoms with Gasteiger partial charge in [0.2, 0.25) is 16.0 Å². The Bertz CT molecular complexity index is 778. The second-order valence-electron chi connectivity index (χ2n) is 7.54. The summed E-state index contributed by atoms with van der Waals surface area (Å²) in [6.45, 7) is 6.61. The zero-order valence-corrected chi connectivity index (χ0v) is 15.7. The average molecular weight is 366 g/mol. The Morgan fingerprint density at radius 3 is 2.88 bits per heavy atom. The third-order valence-electron chi connectivity index (χ3n) is 5.66. The lowest BCUT2D eigenvalue weighted by Crippen LogP contribution is -2.42. The largest absolute Gasteiger partial charge is 0.376 e. The number of ether oxygens (including phenoxy) is 1. The van der Waals surface area contributed by atoms with E-state index in [0.717, 1.165) is 35.8 Å². The van der Waals surface area contributed by atoms with Gasteiger partial charge >= 0.3 is 0 Å². The molecule has 138 valence electrons. The summed E-state index contributed by atoms with van der Waals surface area (Å²) in [7, 11) is -3.19. The van der Waals surface area contributed by atoms with Gasteiger partial charge in [-0.25, -0.2) is 22.7 Å². The number of aromatic nitrogens is 2. The molecule has 3 aliphatic rings. The molecule has 0 radical (unpaired) electrons. The molecule has 25 heavy (non-hydrogen) atoms. The van der Waals surface area contributed by atoms with Crippen molar-refractivity contribution in [3.8, 4) is 0 Å². The molecule has 1 aromatic rings. The quantitative estimate of drug-likeness (QED) is 0.849. The first-order valence-corrected chi connectivity index (χ1v) is 10.7. The molecule has 0 aromatic carbocycles. The van der Waals surface area contributed by atoms with Gasteiger partial charge in [-0.2, -0.15) is 0 Å². The van der Waals surface area contributed by atoms with Crippen molar-refractivity contribution < 1.29 is 13.2 Å². The van der Waals surface area contributed by atoms with Crippen LogP contribution in [0.15, 0.2) is 0 Å². The predicted molar refractivity (Wildman–Crippen MR) is 95.0 cm³/mol. The fraction of sp³-hybridized carbons (Fsp3) is 0.765. The molecule has 1 saturated heterocycles. The zero-order chi connectivity index (χ0) is 17.7. The number of hydrogen-bond donors (Lipinski definition) is 1. The Balaban J connectivity index is 1.66. The third kappa shape index (κ3) is 3.15. The Hall–Kier alpha value is -1.25. The van der Waals surface area contributed by atoms with Gasteiger partial charge in [0.25, 0.3) is 0 Å². The molecule has 1 atom stereocenters. The van der Waals surface area contributed by atoms with Crippen LogP contribution in [-0.4, -0.2) is 54.7 Å². The number of nitrogens with one attached hydrogen (secondary N) is 1. The summed E-state index contributed by atoms with van der Waals surface area (Å²) in [4.78, 5) is 9.42. The van der Waals surface area contributed by atoms with Crippen molar-refractivity contribution in [3.05, 3.63) is 17.0 Å². The number of nitrogens with zero attached hydrogens (tertiary/aromatic N) is 3. The molecule has 0 amide bonds. The lowest BCUT2D eigenvalue weighted by atomic mass is 9.80. The van der Waals surface area contributed by atoms with E-state index >= 15 is 0 Å². The van der Waals surface area contributed by atoms with Crippen LogP contribution < -0.4 is 5.32 Å². The van der Waals surface area contributed by atoms with Crippen molar-refractivity contribution >= 4 is 16.0 Å². The minimum absolute atomic E-state index is 0.133. The van der Waals surface area contributed by atoms with E-state index in [-0.39, 0.29) is 11.2 Å². The molecule has 1 aliphatic carbocycles. The summed E-state index contributed by atoms with van der Waals surface area (Å²) >= 11 is 0. The van der Waals surface area contributed by atoms with Crippen LogP contribution in [0.25, 0.3) is 0 Å². The van der Waals surface area contributed by atoms with Crippen molar-refractivity contribution in [2.45, 2.75) is 45.1 Å². The molecule has 2 fully saturated rings. The molecule has 7 nitrogen and oxygen atoms in total. The monoisotopic (exact) mass is 366 g/mol. The van der Waals surface area contributed by atoms with Crippen LogP contribution in [0.2, 0.25) is 0 Å². The van der Waals surface area contributed by atoms with E-state index in [1.165, 1.54) is 12.8 Å². The first-order valence-electron chi connectivity index (χ1n) is 9.11. The van der Waals surface area contributed by atoms with Crippen LogP contribution in [0.1, 0.15) is 43.1 Å². The first kappa shape index (κ1) is 17.2. The number of aryl methyl sites for hydroxylation is 1. The van der Waals surface area contributed by atoms with Gasteiger partial charge in [0, 0.05) is 30.9 Å². The van der Waals surface area contributed by atoms with Crippen LogP contribution in [0.5, 0.6) is 0 Å². The van der Waals surface area contributed by atoms with E-state index < -0.39 is 10.0 Å². The van der Waals surface area contributed by atoms with E-state index in [1.807, 2.05) is 6.92 Å². The van der Waals surface area contributed by atoms with Gasteiger partial charge in [-0.15, -0.1) is 0 Å². The van der Waals surface area contributed by atoms with E-state index in [9.17, 15) is 8.42 Å². The van der Waals surface area contributed by atoms with Gasteiger partial charge in [0.1, 0.15) is 0 Å². The maximum Gasteiger partial charge on any atom is 0.223 e. The SMILES string of the molecule is CCS(=O)(=O)N1CC[C@]2(COCc3c(C)nc(NCC4CC4)nc32)C1. The normalized spacial score (nSPS) is 26.8. The maximum atomic E-state index is 12.3. The minimum atomic E-state index is -3.19. The molecule has 1 saturated carbocycles. The van der Waals surface area contributed by atoms with Crippen molar-refractivity contribution in [1.29, 1.82) is 0 Å². The summed E-state index contributed by atoms with van der Waals surface area (Å²) in [6.07, 6.45) is 3.30. The second-order valence-corrected chi connectivity index (χ2v) is 9.80. The molecule has 4 rings (SSSR count). The van der Waals surface area contributed by atoms with Gasteiger partial charge in [-0.3, -0.25) is 0 Å². The van der Waals surface area contributed by atoms with Crippen molar-refractivity contribution in [1.82, 2.24) is 14.3 Å². The van der Waals surface area contributed by atoms with E-state index in [4.69, 9.17) is 9.72 Å².